The van der Waals surface area contributed by atoms with Gasteiger partial charge in [-0.3, -0.25) is 10.1 Å². The average molecular weight is 246 g/mol. The van der Waals surface area contributed by atoms with Crippen molar-refractivity contribution in [3.63, 3.8) is 0 Å². The molecule has 2 N–H and O–H groups in total. The molecule has 2 rings (SSSR count). The van der Waals surface area contributed by atoms with Crippen molar-refractivity contribution in [3.8, 4) is 11.3 Å². The predicted molar refractivity (Wildman–Crippen MR) is 65.9 cm³/mol. The summed E-state index contributed by atoms with van der Waals surface area (Å²) < 4.78 is 5.14. The van der Waals surface area contributed by atoms with Crippen LogP contribution in [-0.2, 0) is 11.3 Å². The Morgan fingerprint density at radius 1 is 1.44 bits per heavy atom. The van der Waals surface area contributed by atoms with Crippen LogP contribution >= 0.6 is 0 Å². The lowest BCUT2D eigenvalue weighted by molar-refractivity contribution is -0.139. The quantitative estimate of drug-likeness (QED) is 0.842. The van der Waals surface area contributed by atoms with Crippen molar-refractivity contribution in [2.45, 2.75) is 19.5 Å². The van der Waals surface area contributed by atoms with Gasteiger partial charge < -0.3 is 9.63 Å². The monoisotopic (exact) mass is 246 g/mol. The van der Waals surface area contributed by atoms with Gasteiger partial charge in [0.15, 0.2) is 5.76 Å². The molecule has 94 valence electrons. The standard InChI is InChI=1S/C13H14N2O3/c1-9(13(16)17)14-8-11-7-12(15-18-11)10-5-3-2-4-6-10/h2-7,9,14H,8H2,1H3,(H,16,17). The topological polar surface area (TPSA) is 75.4 Å². The molecular weight excluding hydrogens is 232 g/mol. The molecule has 18 heavy (non-hydrogen) atoms. The van der Waals surface area contributed by atoms with E-state index in [1.165, 1.54) is 0 Å². The molecule has 5 nitrogen and oxygen atoms in total. The molecular formula is C13H14N2O3. The summed E-state index contributed by atoms with van der Waals surface area (Å²) in [5, 5.41) is 15.5. The maximum Gasteiger partial charge on any atom is 0.320 e. The number of rotatable bonds is 5. The molecule has 5 heteroatoms. The zero-order valence-corrected chi connectivity index (χ0v) is 9.96. The van der Waals surface area contributed by atoms with Gasteiger partial charge in [-0.15, -0.1) is 0 Å². The van der Waals surface area contributed by atoms with E-state index in [-0.39, 0.29) is 0 Å². The molecule has 0 bridgehead atoms. The third-order valence-corrected chi connectivity index (χ3v) is 2.58. The first-order valence-corrected chi connectivity index (χ1v) is 5.64. The van der Waals surface area contributed by atoms with Crippen molar-refractivity contribution in [1.82, 2.24) is 10.5 Å². The van der Waals surface area contributed by atoms with E-state index in [0.29, 0.717) is 12.3 Å². The van der Waals surface area contributed by atoms with Gasteiger partial charge in [-0.25, -0.2) is 0 Å². The summed E-state index contributed by atoms with van der Waals surface area (Å²) in [5.74, 6) is -0.278. The Hall–Kier alpha value is -2.14. The molecule has 0 aliphatic rings. The molecule has 1 unspecified atom stereocenters. The molecule has 1 atom stereocenters. The van der Waals surface area contributed by atoms with E-state index in [1.807, 2.05) is 30.3 Å². The van der Waals surface area contributed by atoms with Gasteiger partial charge in [-0.1, -0.05) is 35.5 Å². The van der Waals surface area contributed by atoms with Crippen molar-refractivity contribution in [2.24, 2.45) is 0 Å². The van der Waals surface area contributed by atoms with Crippen LogP contribution in [0.3, 0.4) is 0 Å². The minimum atomic E-state index is -0.891. The van der Waals surface area contributed by atoms with Crippen LogP contribution in [0.4, 0.5) is 0 Å². The highest BCUT2D eigenvalue weighted by Crippen LogP contribution is 2.18. The second kappa shape index (κ2) is 5.46. The highest BCUT2D eigenvalue weighted by Gasteiger charge is 2.11. The number of carboxylic acids is 1. The number of nitrogens with one attached hydrogen (secondary N) is 1. The summed E-state index contributed by atoms with van der Waals surface area (Å²) >= 11 is 0. The molecule has 0 spiro atoms. The SMILES string of the molecule is CC(NCc1cc(-c2ccccc2)no1)C(=O)O. The van der Waals surface area contributed by atoms with Crippen molar-refractivity contribution in [1.29, 1.82) is 0 Å². The van der Waals surface area contributed by atoms with E-state index < -0.39 is 12.0 Å². The van der Waals surface area contributed by atoms with Crippen LogP contribution in [0.25, 0.3) is 11.3 Å². The van der Waals surface area contributed by atoms with Gasteiger partial charge in [0.2, 0.25) is 0 Å². The Kier molecular flexibility index (Phi) is 3.74. The largest absolute Gasteiger partial charge is 0.480 e. The van der Waals surface area contributed by atoms with Crippen molar-refractivity contribution in [2.75, 3.05) is 0 Å². The number of carboxylic acid groups (broad SMARTS) is 1. The Bertz CT molecular complexity index is 522. The number of carbonyl (C=O) groups is 1. The fourth-order valence-corrected chi connectivity index (χ4v) is 1.48. The van der Waals surface area contributed by atoms with Crippen LogP contribution in [0, 0.1) is 0 Å². The lowest BCUT2D eigenvalue weighted by atomic mass is 10.1. The van der Waals surface area contributed by atoms with Crippen LogP contribution in [-0.4, -0.2) is 22.3 Å². The summed E-state index contributed by atoms with van der Waals surface area (Å²) in [7, 11) is 0. The molecule has 0 aliphatic heterocycles. The first-order chi connectivity index (χ1) is 8.66. The lowest BCUT2D eigenvalue weighted by Gasteiger charge is -2.05. The predicted octanol–water partition coefficient (Wildman–Crippen LogP) is 1.90. The maximum atomic E-state index is 10.6. The van der Waals surface area contributed by atoms with Crippen molar-refractivity contribution < 1.29 is 14.4 Å². The summed E-state index contributed by atoms with van der Waals surface area (Å²) in [4.78, 5) is 10.6. The van der Waals surface area contributed by atoms with Gasteiger partial charge in [0, 0.05) is 11.6 Å². The van der Waals surface area contributed by atoms with E-state index in [9.17, 15) is 4.79 Å². The van der Waals surface area contributed by atoms with E-state index in [0.717, 1.165) is 11.3 Å². The highest BCUT2D eigenvalue weighted by atomic mass is 16.5. The Labute approximate surface area is 104 Å². The molecule has 0 saturated heterocycles. The molecule has 0 fully saturated rings. The summed E-state index contributed by atoms with van der Waals surface area (Å²) in [6.45, 7) is 1.92. The third-order valence-electron chi connectivity index (χ3n) is 2.58. The van der Waals surface area contributed by atoms with Gasteiger partial charge >= 0.3 is 5.97 Å². The van der Waals surface area contributed by atoms with Gasteiger partial charge in [0.1, 0.15) is 11.7 Å². The van der Waals surface area contributed by atoms with Gasteiger partial charge in [-0.2, -0.15) is 0 Å². The molecule has 2 aromatic rings. The normalized spacial score (nSPS) is 12.3. The molecule has 1 heterocycles. The second-order valence-electron chi connectivity index (χ2n) is 3.99. The zero-order chi connectivity index (χ0) is 13.0. The van der Waals surface area contributed by atoms with Crippen LogP contribution < -0.4 is 5.32 Å². The maximum absolute atomic E-state index is 10.6. The Balaban J connectivity index is 2.01. The number of aliphatic carboxylic acids is 1. The fourth-order valence-electron chi connectivity index (χ4n) is 1.48. The molecule has 0 aliphatic carbocycles. The van der Waals surface area contributed by atoms with Crippen LogP contribution in [0.15, 0.2) is 40.9 Å². The Morgan fingerprint density at radius 2 is 2.17 bits per heavy atom. The fraction of sp³-hybridized carbons (Fsp3) is 0.231. The van der Waals surface area contributed by atoms with Gasteiger partial charge in [-0.05, 0) is 6.92 Å². The average Bonchev–Trinajstić information content (AvgIpc) is 2.85. The van der Waals surface area contributed by atoms with Crippen LogP contribution in [0.5, 0.6) is 0 Å². The van der Waals surface area contributed by atoms with E-state index in [4.69, 9.17) is 9.63 Å². The number of benzene rings is 1. The lowest BCUT2D eigenvalue weighted by Crippen LogP contribution is -2.32. The summed E-state index contributed by atoms with van der Waals surface area (Å²) in [6, 6.07) is 10.8. The molecule has 0 saturated carbocycles. The van der Waals surface area contributed by atoms with E-state index in [2.05, 4.69) is 10.5 Å². The van der Waals surface area contributed by atoms with Crippen molar-refractivity contribution in [3.05, 3.63) is 42.2 Å². The number of aromatic nitrogens is 1. The van der Waals surface area contributed by atoms with E-state index in [1.54, 1.807) is 13.0 Å². The number of hydrogen-bond acceptors (Lipinski definition) is 4. The Morgan fingerprint density at radius 3 is 2.83 bits per heavy atom. The summed E-state index contributed by atoms with van der Waals surface area (Å²) in [6.07, 6.45) is 0. The van der Waals surface area contributed by atoms with Gasteiger partial charge in [0.05, 0.1) is 6.54 Å². The first-order valence-electron chi connectivity index (χ1n) is 5.64. The number of hydrogen-bond donors (Lipinski definition) is 2. The molecule has 1 aromatic carbocycles. The smallest absolute Gasteiger partial charge is 0.320 e. The summed E-state index contributed by atoms with van der Waals surface area (Å²) in [5.41, 5.74) is 1.72. The zero-order valence-electron chi connectivity index (χ0n) is 9.96. The minimum absolute atomic E-state index is 0.341. The third kappa shape index (κ3) is 2.95. The van der Waals surface area contributed by atoms with Gasteiger partial charge in [0.25, 0.3) is 0 Å². The second-order valence-corrected chi connectivity index (χ2v) is 3.99. The highest BCUT2D eigenvalue weighted by molar-refractivity contribution is 5.72. The van der Waals surface area contributed by atoms with Crippen molar-refractivity contribution >= 4 is 5.97 Å². The van der Waals surface area contributed by atoms with Crippen LogP contribution in [0.2, 0.25) is 0 Å². The molecule has 0 radical (unpaired) electrons. The van der Waals surface area contributed by atoms with Crippen LogP contribution in [0.1, 0.15) is 12.7 Å². The molecule has 1 aromatic heterocycles. The molecule has 0 amide bonds. The first kappa shape index (κ1) is 12.3. The minimum Gasteiger partial charge on any atom is -0.480 e. The number of nitrogens with zero attached hydrogens (tertiary/aromatic N) is 1. The van der Waals surface area contributed by atoms with E-state index >= 15 is 0 Å².